The summed E-state index contributed by atoms with van der Waals surface area (Å²) >= 11 is 4.03. The van der Waals surface area contributed by atoms with Crippen LogP contribution in [0.3, 0.4) is 0 Å². The van der Waals surface area contributed by atoms with Crippen LogP contribution in [0, 0.1) is 7.14 Å². The summed E-state index contributed by atoms with van der Waals surface area (Å²) in [6.07, 6.45) is 1.15. The number of hydrogen-bond donors (Lipinski definition) is 1. The molecular formula is C15H16I2O5. The third-order valence-electron chi connectivity index (χ3n) is 2.60. The Hall–Kier alpha value is -0.840. The van der Waals surface area contributed by atoms with E-state index < -0.39 is 11.9 Å². The highest BCUT2D eigenvalue weighted by atomic mass is 127. The third kappa shape index (κ3) is 6.11. The van der Waals surface area contributed by atoms with Gasteiger partial charge in [0.1, 0.15) is 11.3 Å². The third-order valence-corrected chi connectivity index (χ3v) is 4.05. The Morgan fingerprint density at radius 1 is 1.18 bits per heavy atom. The van der Waals surface area contributed by atoms with Crippen LogP contribution in [-0.4, -0.2) is 30.3 Å². The Morgan fingerprint density at radius 3 is 2.36 bits per heavy atom. The highest BCUT2D eigenvalue weighted by Crippen LogP contribution is 2.27. The lowest BCUT2D eigenvalue weighted by molar-refractivity contribution is -0.139. The van der Waals surface area contributed by atoms with Crippen LogP contribution in [0.4, 0.5) is 0 Å². The Balaban J connectivity index is 2.36. The van der Waals surface area contributed by atoms with Crippen molar-refractivity contribution >= 4 is 57.1 Å². The molecule has 7 heteroatoms. The summed E-state index contributed by atoms with van der Waals surface area (Å²) in [7, 11) is 0. The number of esters is 2. The number of halogens is 2. The molecule has 0 heterocycles. The van der Waals surface area contributed by atoms with Crippen molar-refractivity contribution in [1.29, 1.82) is 0 Å². The van der Waals surface area contributed by atoms with E-state index in [2.05, 4.69) is 29.2 Å². The molecule has 1 N–H and O–H groups in total. The van der Waals surface area contributed by atoms with Gasteiger partial charge in [-0.2, -0.15) is 0 Å². The lowest BCUT2D eigenvalue weighted by Crippen LogP contribution is -2.10. The SMILES string of the molecule is C=C(C)C(=O)OCCCCOC(=O)c1cc(I)cc(I)c1O. The molecule has 0 amide bonds. The normalized spacial score (nSPS) is 10.1. The summed E-state index contributed by atoms with van der Waals surface area (Å²) < 4.78 is 11.5. The molecule has 0 aliphatic heterocycles. The molecule has 0 aliphatic rings. The number of phenolic OH excluding ortho intramolecular Hbond substituents is 1. The van der Waals surface area contributed by atoms with Gasteiger partial charge in [0.25, 0.3) is 0 Å². The van der Waals surface area contributed by atoms with Crippen molar-refractivity contribution in [2.45, 2.75) is 19.8 Å². The summed E-state index contributed by atoms with van der Waals surface area (Å²) in [5.41, 5.74) is 0.514. The van der Waals surface area contributed by atoms with Crippen molar-refractivity contribution in [3.63, 3.8) is 0 Å². The minimum atomic E-state index is -0.562. The van der Waals surface area contributed by atoms with Crippen molar-refractivity contribution in [3.05, 3.63) is 37.0 Å². The highest BCUT2D eigenvalue weighted by Gasteiger charge is 2.16. The first-order chi connectivity index (χ1) is 10.3. The maximum atomic E-state index is 11.9. The van der Waals surface area contributed by atoms with Gasteiger partial charge in [0.05, 0.1) is 16.8 Å². The van der Waals surface area contributed by atoms with Gasteiger partial charge in [-0.3, -0.25) is 0 Å². The van der Waals surface area contributed by atoms with Gasteiger partial charge in [-0.1, -0.05) is 6.58 Å². The number of benzene rings is 1. The summed E-state index contributed by atoms with van der Waals surface area (Å²) in [6.45, 7) is 5.52. The number of rotatable bonds is 7. The molecule has 1 aromatic rings. The van der Waals surface area contributed by atoms with E-state index in [1.807, 2.05) is 22.6 Å². The van der Waals surface area contributed by atoms with Gasteiger partial charge in [0, 0.05) is 9.14 Å². The minimum absolute atomic E-state index is 0.0681. The van der Waals surface area contributed by atoms with Gasteiger partial charge in [-0.25, -0.2) is 9.59 Å². The molecule has 0 unspecified atom stereocenters. The molecule has 1 aromatic carbocycles. The Morgan fingerprint density at radius 2 is 1.77 bits per heavy atom. The van der Waals surface area contributed by atoms with Crippen molar-refractivity contribution in [1.82, 2.24) is 0 Å². The molecule has 120 valence electrons. The van der Waals surface area contributed by atoms with E-state index in [0.717, 1.165) is 3.57 Å². The van der Waals surface area contributed by atoms with Gasteiger partial charge in [0.15, 0.2) is 0 Å². The average Bonchev–Trinajstić information content (AvgIpc) is 2.45. The number of hydrogen-bond acceptors (Lipinski definition) is 5. The Labute approximate surface area is 156 Å². The van der Waals surface area contributed by atoms with Crippen molar-refractivity contribution < 1.29 is 24.2 Å². The fraction of sp³-hybridized carbons (Fsp3) is 0.333. The van der Waals surface area contributed by atoms with Crippen molar-refractivity contribution in [2.75, 3.05) is 13.2 Å². The molecule has 0 saturated carbocycles. The van der Waals surface area contributed by atoms with E-state index >= 15 is 0 Å². The Kier molecular flexibility index (Phi) is 8.15. The lowest BCUT2D eigenvalue weighted by atomic mass is 10.2. The summed E-state index contributed by atoms with van der Waals surface area (Å²) in [4.78, 5) is 23.0. The van der Waals surface area contributed by atoms with Crippen LogP contribution in [0.2, 0.25) is 0 Å². The first kappa shape index (κ1) is 19.2. The number of unbranched alkanes of at least 4 members (excludes halogenated alkanes) is 1. The summed E-state index contributed by atoms with van der Waals surface area (Å²) in [6, 6.07) is 3.35. The van der Waals surface area contributed by atoms with Gasteiger partial charge in [-0.05, 0) is 77.1 Å². The smallest absolute Gasteiger partial charge is 0.341 e. The first-order valence-electron chi connectivity index (χ1n) is 6.50. The van der Waals surface area contributed by atoms with Crippen LogP contribution in [0.25, 0.3) is 0 Å². The van der Waals surface area contributed by atoms with E-state index in [9.17, 15) is 14.7 Å². The van der Waals surface area contributed by atoms with Gasteiger partial charge < -0.3 is 14.6 Å². The van der Waals surface area contributed by atoms with Crippen molar-refractivity contribution in [2.24, 2.45) is 0 Å². The molecule has 0 aliphatic carbocycles. The number of ether oxygens (including phenoxy) is 2. The van der Waals surface area contributed by atoms with Gasteiger partial charge >= 0.3 is 11.9 Å². The zero-order valence-electron chi connectivity index (χ0n) is 12.0. The van der Waals surface area contributed by atoms with Crippen LogP contribution in [0.5, 0.6) is 5.75 Å². The molecule has 0 bridgehead atoms. The topological polar surface area (TPSA) is 72.8 Å². The molecule has 5 nitrogen and oxygen atoms in total. The largest absolute Gasteiger partial charge is 0.506 e. The average molecular weight is 530 g/mol. The number of carbonyl (C=O) groups excluding carboxylic acids is 2. The van der Waals surface area contributed by atoms with Gasteiger partial charge in [-0.15, -0.1) is 0 Å². The molecule has 0 saturated heterocycles. The van der Waals surface area contributed by atoms with E-state index in [0.29, 0.717) is 22.0 Å². The van der Waals surface area contributed by atoms with Crippen LogP contribution in [-0.2, 0) is 14.3 Å². The van der Waals surface area contributed by atoms with E-state index in [4.69, 9.17) is 9.47 Å². The quantitative estimate of drug-likeness (QED) is 0.252. The molecule has 0 spiro atoms. The minimum Gasteiger partial charge on any atom is -0.506 e. The molecular weight excluding hydrogens is 514 g/mol. The summed E-state index contributed by atoms with van der Waals surface area (Å²) in [5, 5.41) is 9.87. The molecule has 0 atom stereocenters. The second-order valence-corrected chi connectivity index (χ2v) is 6.95. The fourth-order valence-electron chi connectivity index (χ4n) is 1.46. The van der Waals surface area contributed by atoms with E-state index in [-0.39, 0.29) is 24.5 Å². The first-order valence-corrected chi connectivity index (χ1v) is 8.66. The van der Waals surface area contributed by atoms with Crippen LogP contribution >= 0.6 is 45.2 Å². The van der Waals surface area contributed by atoms with Crippen molar-refractivity contribution in [3.8, 4) is 5.75 Å². The summed E-state index contributed by atoms with van der Waals surface area (Å²) in [5.74, 6) is -1.05. The van der Waals surface area contributed by atoms with Gasteiger partial charge in [0.2, 0.25) is 0 Å². The maximum absolute atomic E-state index is 11.9. The predicted octanol–water partition coefficient (Wildman–Crippen LogP) is 3.66. The number of phenols is 1. The highest BCUT2D eigenvalue weighted by molar-refractivity contribution is 14.1. The van der Waals surface area contributed by atoms with Crippen LogP contribution in [0.15, 0.2) is 24.3 Å². The molecule has 1 rings (SSSR count). The number of carbonyl (C=O) groups is 2. The monoisotopic (exact) mass is 530 g/mol. The van der Waals surface area contributed by atoms with E-state index in [1.54, 1.807) is 19.1 Å². The molecule has 22 heavy (non-hydrogen) atoms. The standard InChI is InChI=1S/C15H16I2O5/c1-9(2)14(19)21-5-3-4-6-22-15(20)11-7-10(16)8-12(17)13(11)18/h7-8,18H,1,3-6H2,2H3. The second kappa shape index (κ2) is 9.33. The zero-order valence-corrected chi connectivity index (χ0v) is 16.3. The molecule has 0 fully saturated rings. The molecule has 0 radical (unpaired) electrons. The zero-order chi connectivity index (χ0) is 16.7. The molecule has 0 aromatic heterocycles. The maximum Gasteiger partial charge on any atom is 0.341 e. The predicted molar refractivity (Wildman–Crippen MR) is 98.8 cm³/mol. The van der Waals surface area contributed by atoms with Crippen LogP contribution < -0.4 is 0 Å². The number of aromatic hydroxyl groups is 1. The second-order valence-electron chi connectivity index (χ2n) is 4.54. The lowest BCUT2D eigenvalue weighted by Gasteiger charge is -2.08. The fourth-order valence-corrected chi connectivity index (χ4v) is 3.30. The van der Waals surface area contributed by atoms with E-state index in [1.165, 1.54) is 0 Å². The Bertz CT molecular complexity index is 584. The van der Waals surface area contributed by atoms with Crippen LogP contribution in [0.1, 0.15) is 30.1 Å².